The summed E-state index contributed by atoms with van der Waals surface area (Å²) in [6, 6.07) is 10.4. The summed E-state index contributed by atoms with van der Waals surface area (Å²) in [4.78, 5) is 6.45. The van der Waals surface area contributed by atoms with Crippen LogP contribution in [0.1, 0.15) is 16.8 Å². The second-order valence-corrected chi connectivity index (χ2v) is 11.0. The minimum atomic E-state index is -3.89. The summed E-state index contributed by atoms with van der Waals surface area (Å²) in [5, 5.41) is 0. The molecule has 2 aromatic rings. The highest BCUT2D eigenvalue weighted by Gasteiger charge is 2.24. The number of hydrogen-bond acceptors (Lipinski definition) is 5. The second-order valence-electron chi connectivity index (χ2n) is 6.63. The maximum absolute atomic E-state index is 12.9. The van der Waals surface area contributed by atoms with Gasteiger partial charge in [-0.25, -0.2) is 4.21 Å². The van der Waals surface area contributed by atoms with Crippen LogP contribution >= 0.6 is 0 Å². The normalized spacial score (nSPS) is 17.8. The molecule has 2 heterocycles. The van der Waals surface area contributed by atoms with Gasteiger partial charge in [0.1, 0.15) is 0 Å². The highest BCUT2D eigenvalue weighted by atomic mass is 32.3. The van der Waals surface area contributed by atoms with Crippen molar-refractivity contribution in [1.82, 2.24) is 9.88 Å². The van der Waals surface area contributed by atoms with Gasteiger partial charge in [0.05, 0.1) is 14.6 Å². The van der Waals surface area contributed by atoms with Crippen LogP contribution in [0, 0.1) is 13.8 Å². The SMILES string of the molecule is Cc1ccc(S(=O)(=O)N=S2(=O)CCN(Cc3ccnc(C)c3)CC2)cc1. The zero-order valence-electron chi connectivity index (χ0n) is 15.0. The maximum Gasteiger partial charge on any atom is 0.290 e. The van der Waals surface area contributed by atoms with Crippen molar-refractivity contribution >= 4 is 19.8 Å². The second kappa shape index (κ2) is 7.46. The van der Waals surface area contributed by atoms with Gasteiger partial charge in [-0.1, -0.05) is 17.7 Å². The average Bonchev–Trinajstić information content (AvgIpc) is 2.57. The first kappa shape index (κ1) is 19.0. The van der Waals surface area contributed by atoms with Crippen molar-refractivity contribution in [2.45, 2.75) is 25.3 Å². The molecule has 8 heteroatoms. The molecule has 0 radical (unpaired) electrons. The first-order chi connectivity index (χ1) is 12.3. The third kappa shape index (κ3) is 4.69. The Morgan fingerprint density at radius 3 is 2.38 bits per heavy atom. The summed E-state index contributed by atoms with van der Waals surface area (Å²) in [6.45, 7) is 5.69. The Kier molecular flexibility index (Phi) is 5.45. The molecule has 0 atom stereocenters. The fourth-order valence-corrected chi connectivity index (χ4v) is 7.03. The maximum atomic E-state index is 12.9. The van der Waals surface area contributed by atoms with Gasteiger partial charge in [-0.2, -0.15) is 8.42 Å². The molecular weight excluding hydrogens is 370 g/mol. The third-order valence-corrected chi connectivity index (χ3v) is 8.75. The summed E-state index contributed by atoms with van der Waals surface area (Å²) >= 11 is 0. The molecule has 1 aromatic carbocycles. The molecule has 3 rings (SSSR count). The molecule has 0 unspecified atom stereocenters. The Labute approximate surface area is 155 Å². The van der Waals surface area contributed by atoms with E-state index in [0.29, 0.717) is 13.1 Å². The molecule has 0 aliphatic carbocycles. The molecule has 0 N–H and O–H groups in total. The van der Waals surface area contributed by atoms with Gasteiger partial charge >= 0.3 is 0 Å². The van der Waals surface area contributed by atoms with E-state index >= 15 is 0 Å². The van der Waals surface area contributed by atoms with Gasteiger partial charge in [-0.15, -0.1) is 3.77 Å². The zero-order valence-corrected chi connectivity index (χ0v) is 16.6. The molecule has 26 heavy (non-hydrogen) atoms. The van der Waals surface area contributed by atoms with Crippen molar-refractivity contribution < 1.29 is 12.6 Å². The first-order valence-electron chi connectivity index (χ1n) is 8.45. The lowest BCUT2D eigenvalue weighted by atomic mass is 10.2. The third-order valence-electron chi connectivity index (χ3n) is 4.37. The number of hydrogen-bond donors (Lipinski definition) is 0. The summed E-state index contributed by atoms with van der Waals surface area (Å²) in [6.07, 6.45) is 1.78. The van der Waals surface area contributed by atoms with Crippen LogP contribution in [0.4, 0.5) is 0 Å². The molecule has 1 fully saturated rings. The first-order valence-corrected chi connectivity index (χ1v) is 11.7. The summed E-state index contributed by atoms with van der Waals surface area (Å²) < 4.78 is 41.7. The van der Waals surface area contributed by atoms with Crippen LogP contribution < -0.4 is 0 Å². The van der Waals surface area contributed by atoms with Crippen molar-refractivity contribution in [2.75, 3.05) is 24.6 Å². The topological polar surface area (TPSA) is 79.7 Å². The van der Waals surface area contributed by atoms with Crippen LogP contribution in [0.2, 0.25) is 0 Å². The van der Waals surface area contributed by atoms with Crippen LogP contribution in [-0.4, -0.2) is 47.1 Å². The molecule has 1 saturated heterocycles. The molecule has 0 spiro atoms. The number of aryl methyl sites for hydroxylation is 2. The zero-order chi connectivity index (χ0) is 18.8. The van der Waals surface area contributed by atoms with Crippen molar-refractivity contribution in [3.63, 3.8) is 0 Å². The van der Waals surface area contributed by atoms with Gasteiger partial charge < -0.3 is 0 Å². The minimum Gasteiger partial charge on any atom is -0.297 e. The van der Waals surface area contributed by atoms with Crippen LogP contribution in [0.3, 0.4) is 0 Å². The fraction of sp³-hybridized carbons (Fsp3) is 0.389. The number of rotatable bonds is 4. The molecule has 0 saturated carbocycles. The molecule has 1 aromatic heterocycles. The number of pyridine rings is 1. The van der Waals surface area contributed by atoms with E-state index in [9.17, 15) is 12.6 Å². The van der Waals surface area contributed by atoms with Crippen molar-refractivity contribution in [2.24, 2.45) is 3.77 Å². The Bertz CT molecular complexity index is 994. The quantitative estimate of drug-likeness (QED) is 0.797. The molecule has 6 nitrogen and oxygen atoms in total. The average molecular weight is 394 g/mol. The van der Waals surface area contributed by atoms with E-state index in [1.807, 2.05) is 26.0 Å². The Morgan fingerprint density at radius 1 is 1.12 bits per heavy atom. The Balaban J connectivity index is 1.71. The highest BCUT2D eigenvalue weighted by Crippen LogP contribution is 2.18. The van der Waals surface area contributed by atoms with E-state index in [1.54, 1.807) is 18.3 Å². The number of benzene rings is 1. The molecule has 0 bridgehead atoms. The van der Waals surface area contributed by atoms with Gasteiger partial charge in [-0.3, -0.25) is 9.88 Å². The van der Waals surface area contributed by atoms with Crippen molar-refractivity contribution in [3.05, 3.63) is 59.4 Å². The number of nitrogens with zero attached hydrogens (tertiary/aromatic N) is 3. The summed E-state index contributed by atoms with van der Waals surface area (Å²) in [7, 11) is -6.65. The molecular formula is C18H23N3O3S2. The van der Waals surface area contributed by atoms with E-state index in [1.165, 1.54) is 12.1 Å². The minimum absolute atomic E-state index is 0.0977. The number of aromatic nitrogens is 1. The predicted octanol–water partition coefficient (Wildman–Crippen LogP) is 2.37. The van der Waals surface area contributed by atoms with Crippen LogP contribution in [0.15, 0.2) is 51.3 Å². The van der Waals surface area contributed by atoms with Gasteiger partial charge in [0, 0.05) is 43.0 Å². The lowest BCUT2D eigenvalue weighted by molar-refractivity contribution is 0.290. The molecule has 1 aliphatic heterocycles. The number of sulfonamides is 1. The standard InChI is InChI=1S/C18H23N3O3S2/c1-15-3-5-18(6-4-15)26(23,24)20-25(22)11-9-21(10-12-25)14-17-7-8-19-16(2)13-17/h3-8,13H,9-12,14H2,1-2H3. The van der Waals surface area contributed by atoms with Gasteiger partial charge in [-0.05, 0) is 43.7 Å². The van der Waals surface area contributed by atoms with E-state index < -0.39 is 19.8 Å². The van der Waals surface area contributed by atoms with Crippen molar-refractivity contribution in [3.8, 4) is 0 Å². The monoisotopic (exact) mass is 393 g/mol. The lowest BCUT2D eigenvalue weighted by Crippen LogP contribution is -2.39. The molecule has 1 aliphatic rings. The molecule has 0 amide bonds. The fourth-order valence-electron chi connectivity index (χ4n) is 2.88. The largest absolute Gasteiger partial charge is 0.297 e. The molecule has 140 valence electrons. The predicted molar refractivity (Wildman–Crippen MR) is 103 cm³/mol. The van der Waals surface area contributed by atoms with Crippen LogP contribution in [-0.2, 0) is 26.3 Å². The van der Waals surface area contributed by atoms with E-state index in [2.05, 4.69) is 13.7 Å². The summed E-state index contributed by atoms with van der Waals surface area (Å²) in [5.74, 6) is 0.532. The van der Waals surface area contributed by atoms with Gasteiger partial charge in [0.15, 0.2) is 0 Å². The Morgan fingerprint density at radius 2 is 1.77 bits per heavy atom. The highest BCUT2D eigenvalue weighted by molar-refractivity contribution is 8.03. The summed E-state index contributed by atoms with van der Waals surface area (Å²) in [5.41, 5.74) is 3.07. The van der Waals surface area contributed by atoms with E-state index in [0.717, 1.165) is 23.4 Å². The lowest BCUT2D eigenvalue weighted by Gasteiger charge is -2.28. The van der Waals surface area contributed by atoms with E-state index in [-0.39, 0.29) is 16.4 Å². The smallest absolute Gasteiger partial charge is 0.290 e. The van der Waals surface area contributed by atoms with Crippen molar-refractivity contribution in [1.29, 1.82) is 0 Å². The van der Waals surface area contributed by atoms with Gasteiger partial charge in [0.2, 0.25) is 0 Å². The van der Waals surface area contributed by atoms with Gasteiger partial charge in [0.25, 0.3) is 10.0 Å². The van der Waals surface area contributed by atoms with E-state index in [4.69, 9.17) is 0 Å². The Hall–Kier alpha value is -1.77. The van der Waals surface area contributed by atoms with Crippen LogP contribution in [0.25, 0.3) is 0 Å². The van der Waals surface area contributed by atoms with Crippen LogP contribution in [0.5, 0.6) is 0 Å².